The second-order valence-corrected chi connectivity index (χ2v) is 6.70. The highest BCUT2D eigenvalue weighted by Gasteiger charge is 2.32. The SMILES string of the molecule is CC(C)NCC(C)(CC1CCCC1)C(C)C. The van der Waals surface area contributed by atoms with Crippen molar-refractivity contribution < 1.29 is 0 Å². The third-order valence-electron chi connectivity index (χ3n) is 4.54. The summed E-state index contributed by atoms with van der Waals surface area (Å²) in [4.78, 5) is 0. The quantitative estimate of drug-likeness (QED) is 0.713. The Morgan fingerprint density at radius 2 is 1.69 bits per heavy atom. The lowest BCUT2D eigenvalue weighted by atomic mass is 9.72. The van der Waals surface area contributed by atoms with Crippen LogP contribution in [0.3, 0.4) is 0 Å². The van der Waals surface area contributed by atoms with Gasteiger partial charge in [-0.2, -0.15) is 0 Å². The normalized spacial score (nSPS) is 21.9. The smallest absolute Gasteiger partial charge is 0.00106 e. The maximum Gasteiger partial charge on any atom is 0.00106 e. The molecule has 1 rings (SSSR count). The van der Waals surface area contributed by atoms with E-state index in [9.17, 15) is 0 Å². The third kappa shape index (κ3) is 4.08. The highest BCUT2D eigenvalue weighted by Crippen LogP contribution is 2.39. The molecule has 1 unspecified atom stereocenters. The summed E-state index contributed by atoms with van der Waals surface area (Å²) < 4.78 is 0. The lowest BCUT2D eigenvalue weighted by Gasteiger charge is -2.37. The van der Waals surface area contributed by atoms with Crippen LogP contribution in [0.4, 0.5) is 0 Å². The monoisotopic (exact) mass is 225 g/mol. The van der Waals surface area contributed by atoms with Crippen molar-refractivity contribution in [1.82, 2.24) is 5.32 Å². The van der Waals surface area contributed by atoms with Gasteiger partial charge in [-0.05, 0) is 23.7 Å². The van der Waals surface area contributed by atoms with Crippen LogP contribution in [0, 0.1) is 17.3 Å². The van der Waals surface area contributed by atoms with Gasteiger partial charge < -0.3 is 5.32 Å². The van der Waals surface area contributed by atoms with Crippen molar-refractivity contribution in [2.45, 2.75) is 72.8 Å². The molecule has 0 spiro atoms. The molecular weight excluding hydrogens is 194 g/mol. The van der Waals surface area contributed by atoms with Crippen molar-refractivity contribution in [3.63, 3.8) is 0 Å². The predicted octanol–water partition coefficient (Wildman–Crippen LogP) is 4.23. The van der Waals surface area contributed by atoms with E-state index in [0.717, 1.165) is 11.8 Å². The fourth-order valence-corrected chi connectivity index (χ4v) is 2.82. The summed E-state index contributed by atoms with van der Waals surface area (Å²) in [7, 11) is 0. The maximum atomic E-state index is 3.64. The van der Waals surface area contributed by atoms with E-state index in [4.69, 9.17) is 0 Å². The molecule has 1 nitrogen and oxygen atoms in total. The molecule has 16 heavy (non-hydrogen) atoms. The van der Waals surface area contributed by atoms with E-state index in [1.54, 1.807) is 0 Å². The minimum atomic E-state index is 0.485. The molecule has 0 amide bonds. The summed E-state index contributed by atoms with van der Waals surface area (Å²) in [6.45, 7) is 12.9. The van der Waals surface area contributed by atoms with Gasteiger partial charge >= 0.3 is 0 Å². The molecule has 1 aliphatic rings. The summed E-state index contributed by atoms with van der Waals surface area (Å²) in [6.07, 6.45) is 7.31. The van der Waals surface area contributed by atoms with Gasteiger partial charge in [0.15, 0.2) is 0 Å². The molecule has 1 aliphatic carbocycles. The van der Waals surface area contributed by atoms with E-state index >= 15 is 0 Å². The molecule has 1 heteroatoms. The molecule has 0 aromatic carbocycles. The van der Waals surface area contributed by atoms with E-state index in [2.05, 4.69) is 39.9 Å². The molecule has 0 bridgehead atoms. The first-order valence-electron chi connectivity index (χ1n) is 7.17. The van der Waals surface area contributed by atoms with Crippen LogP contribution in [0.15, 0.2) is 0 Å². The molecule has 96 valence electrons. The molecule has 1 N–H and O–H groups in total. The summed E-state index contributed by atoms with van der Waals surface area (Å²) in [6, 6.07) is 0.613. The molecule has 1 atom stereocenters. The van der Waals surface area contributed by atoms with Gasteiger partial charge in [0.05, 0.1) is 0 Å². The molecule has 0 aromatic rings. The highest BCUT2D eigenvalue weighted by molar-refractivity contribution is 4.85. The molecule has 0 aromatic heterocycles. The van der Waals surface area contributed by atoms with E-state index in [0.29, 0.717) is 11.5 Å². The van der Waals surface area contributed by atoms with Crippen molar-refractivity contribution >= 4 is 0 Å². The van der Waals surface area contributed by atoms with Crippen molar-refractivity contribution in [1.29, 1.82) is 0 Å². The van der Waals surface area contributed by atoms with Gasteiger partial charge in [-0.3, -0.25) is 0 Å². The van der Waals surface area contributed by atoms with E-state index in [1.165, 1.54) is 38.6 Å². The number of hydrogen-bond acceptors (Lipinski definition) is 1. The fraction of sp³-hybridized carbons (Fsp3) is 1.00. The fourth-order valence-electron chi connectivity index (χ4n) is 2.82. The van der Waals surface area contributed by atoms with Crippen LogP contribution in [0.5, 0.6) is 0 Å². The van der Waals surface area contributed by atoms with Gasteiger partial charge in [-0.15, -0.1) is 0 Å². The van der Waals surface area contributed by atoms with E-state index in [-0.39, 0.29) is 0 Å². The van der Waals surface area contributed by atoms with Crippen LogP contribution >= 0.6 is 0 Å². The Bertz CT molecular complexity index is 192. The molecule has 0 aliphatic heterocycles. The van der Waals surface area contributed by atoms with Crippen LogP contribution in [0.25, 0.3) is 0 Å². The zero-order valence-corrected chi connectivity index (χ0v) is 12.0. The lowest BCUT2D eigenvalue weighted by Crippen LogP contribution is -2.40. The number of rotatable bonds is 6. The first-order valence-corrected chi connectivity index (χ1v) is 7.17. The maximum absolute atomic E-state index is 3.64. The minimum Gasteiger partial charge on any atom is -0.314 e. The van der Waals surface area contributed by atoms with Crippen LogP contribution in [0.2, 0.25) is 0 Å². The van der Waals surface area contributed by atoms with E-state index < -0.39 is 0 Å². The molecular formula is C15H31N. The van der Waals surface area contributed by atoms with Crippen LogP contribution < -0.4 is 5.32 Å². The number of nitrogens with one attached hydrogen (secondary N) is 1. The topological polar surface area (TPSA) is 12.0 Å². The van der Waals surface area contributed by atoms with Gasteiger partial charge in [-0.25, -0.2) is 0 Å². The van der Waals surface area contributed by atoms with E-state index in [1.807, 2.05) is 0 Å². The average Bonchev–Trinajstić information content (AvgIpc) is 2.67. The Morgan fingerprint density at radius 1 is 1.12 bits per heavy atom. The largest absolute Gasteiger partial charge is 0.314 e. The Morgan fingerprint density at radius 3 is 2.12 bits per heavy atom. The molecule has 1 fully saturated rings. The predicted molar refractivity (Wildman–Crippen MR) is 72.7 cm³/mol. The second-order valence-electron chi connectivity index (χ2n) is 6.70. The third-order valence-corrected chi connectivity index (χ3v) is 4.54. The molecule has 0 radical (unpaired) electrons. The zero-order valence-electron chi connectivity index (χ0n) is 12.0. The molecule has 0 heterocycles. The van der Waals surface area contributed by atoms with Crippen LogP contribution in [0.1, 0.15) is 66.7 Å². The van der Waals surface area contributed by atoms with Gasteiger partial charge in [-0.1, -0.05) is 60.3 Å². The first kappa shape index (κ1) is 14.0. The van der Waals surface area contributed by atoms with Gasteiger partial charge in [0.2, 0.25) is 0 Å². The minimum absolute atomic E-state index is 0.485. The van der Waals surface area contributed by atoms with Gasteiger partial charge in [0.1, 0.15) is 0 Å². The Hall–Kier alpha value is -0.0400. The molecule has 0 saturated heterocycles. The van der Waals surface area contributed by atoms with Crippen LogP contribution in [-0.2, 0) is 0 Å². The van der Waals surface area contributed by atoms with Crippen molar-refractivity contribution in [2.24, 2.45) is 17.3 Å². The summed E-state index contributed by atoms with van der Waals surface area (Å²) in [5, 5.41) is 3.64. The van der Waals surface area contributed by atoms with Crippen molar-refractivity contribution in [2.75, 3.05) is 6.54 Å². The van der Waals surface area contributed by atoms with Crippen LogP contribution in [-0.4, -0.2) is 12.6 Å². The Labute approximate surface area is 102 Å². The summed E-state index contributed by atoms with van der Waals surface area (Å²) in [5.41, 5.74) is 0.485. The first-order chi connectivity index (χ1) is 7.44. The zero-order chi connectivity index (χ0) is 12.2. The standard InChI is InChI=1S/C15H31N/c1-12(2)15(5,11-16-13(3)4)10-14-8-6-7-9-14/h12-14,16H,6-11H2,1-5H3. The summed E-state index contributed by atoms with van der Waals surface area (Å²) >= 11 is 0. The van der Waals surface area contributed by atoms with Crippen molar-refractivity contribution in [3.8, 4) is 0 Å². The number of hydrogen-bond donors (Lipinski definition) is 1. The van der Waals surface area contributed by atoms with Gasteiger partial charge in [0.25, 0.3) is 0 Å². The average molecular weight is 225 g/mol. The highest BCUT2D eigenvalue weighted by atomic mass is 14.9. The van der Waals surface area contributed by atoms with Crippen molar-refractivity contribution in [3.05, 3.63) is 0 Å². The lowest BCUT2D eigenvalue weighted by molar-refractivity contribution is 0.154. The van der Waals surface area contributed by atoms with Gasteiger partial charge in [0, 0.05) is 12.6 Å². The Balaban J connectivity index is 2.49. The Kier molecular flexibility index (Phi) is 5.30. The molecule has 1 saturated carbocycles. The second kappa shape index (κ2) is 6.05. The summed E-state index contributed by atoms with van der Waals surface area (Å²) in [5.74, 6) is 1.78.